The first-order valence-electron chi connectivity index (χ1n) is 8.45. The van der Waals surface area contributed by atoms with Gasteiger partial charge in [0.2, 0.25) is 17.6 Å². The summed E-state index contributed by atoms with van der Waals surface area (Å²) in [6.07, 6.45) is 3.13. The minimum Gasteiger partial charge on any atom is -0.481 e. The van der Waals surface area contributed by atoms with Crippen molar-refractivity contribution >= 4 is 23.2 Å². The van der Waals surface area contributed by atoms with Crippen LogP contribution in [-0.4, -0.2) is 45.1 Å². The Morgan fingerprint density at radius 1 is 1.48 bits per heavy atom. The number of likely N-dealkylation sites (tertiary alicyclic amines) is 1. The Hall–Kier alpha value is -2.22. The van der Waals surface area contributed by atoms with Gasteiger partial charge in [-0.2, -0.15) is 16.3 Å². The van der Waals surface area contributed by atoms with E-state index >= 15 is 0 Å². The molecule has 7 nitrogen and oxygen atoms in total. The number of carboxylic acid groups (broad SMARTS) is 1. The predicted octanol–water partition coefficient (Wildman–Crippen LogP) is 2.44. The van der Waals surface area contributed by atoms with Crippen LogP contribution in [0, 0.1) is 11.3 Å². The first kappa shape index (κ1) is 16.3. The van der Waals surface area contributed by atoms with Crippen molar-refractivity contribution in [1.29, 1.82) is 0 Å². The molecule has 2 aromatic rings. The third-order valence-corrected chi connectivity index (χ3v) is 6.13. The van der Waals surface area contributed by atoms with Crippen molar-refractivity contribution in [3.05, 3.63) is 22.7 Å². The summed E-state index contributed by atoms with van der Waals surface area (Å²) in [6, 6.07) is 1.92. The summed E-state index contributed by atoms with van der Waals surface area (Å²) in [6.45, 7) is 0.880. The monoisotopic (exact) mass is 361 g/mol. The summed E-state index contributed by atoms with van der Waals surface area (Å²) in [4.78, 5) is 30.2. The molecule has 0 bridgehead atoms. The molecule has 1 aliphatic carbocycles. The Morgan fingerprint density at radius 3 is 3.08 bits per heavy atom. The van der Waals surface area contributed by atoms with E-state index in [1.807, 2.05) is 16.8 Å². The zero-order valence-corrected chi connectivity index (χ0v) is 14.5. The highest BCUT2D eigenvalue weighted by Crippen LogP contribution is 2.49. The molecule has 25 heavy (non-hydrogen) atoms. The number of thiophene rings is 1. The molecule has 1 N–H and O–H groups in total. The fourth-order valence-corrected chi connectivity index (χ4v) is 4.70. The number of fused-ring (bicyclic) bond motifs is 1. The van der Waals surface area contributed by atoms with E-state index in [0.717, 1.165) is 18.4 Å². The van der Waals surface area contributed by atoms with Gasteiger partial charge in [-0.3, -0.25) is 9.59 Å². The summed E-state index contributed by atoms with van der Waals surface area (Å²) >= 11 is 1.56. The van der Waals surface area contributed by atoms with Crippen LogP contribution in [0.1, 0.15) is 31.6 Å². The summed E-state index contributed by atoms with van der Waals surface area (Å²) in [7, 11) is 0. The smallest absolute Gasteiger partial charge is 0.311 e. The molecule has 0 unspecified atom stereocenters. The van der Waals surface area contributed by atoms with Crippen molar-refractivity contribution in [3.63, 3.8) is 0 Å². The van der Waals surface area contributed by atoms with E-state index in [-0.39, 0.29) is 18.2 Å². The van der Waals surface area contributed by atoms with E-state index in [1.54, 1.807) is 16.2 Å². The highest BCUT2D eigenvalue weighted by atomic mass is 32.1. The van der Waals surface area contributed by atoms with Gasteiger partial charge < -0.3 is 14.5 Å². The molecule has 1 saturated heterocycles. The van der Waals surface area contributed by atoms with Gasteiger partial charge in [-0.15, -0.1) is 0 Å². The first-order valence-corrected chi connectivity index (χ1v) is 9.39. The van der Waals surface area contributed by atoms with Crippen LogP contribution in [0.5, 0.6) is 0 Å². The van der Waals surface area contributed by atoms with Crippen molar-refractivity contribution in [2.24, 2.45) is 11.3 Å². The maximum Gasteiger partial charge on any atom is 0.311 e. The van der Waals surface area contributed by atoms with Crippen LogP contribution in [0.4, 0.5) is 0 Å². The lowest BCUT2D eigenvalue weighted by atomic mass is 9.81. The Morgan fingerprint density at radius 2 is 2.36 bits per heavy atom. The molecule has 132 valence electrons. The highest BCUT2D eigenvalue weighted by Gasteiger charge is 2.55. The van der Waals surface area contributed by atoms with Crippen LogP contribution in [0.25, 0.3) is 11.4 Å². The molecular formula is C17H19N3O4S. The predicted molar refractivity (Wildman–Crippen MR) is 89.9 cm³/mol. The number of amides is 1. The number of aryl methyl sites for hydroxylation is 1. The van der Waals surface area contributed by atoms with E-state index in [1.165, 1.54) is 0 Å². The molecule has 4 rings (SSSR count). The number of carboxylic acids is 1. The van der Waals surface area contributed by atoms with Crippen LogP contribution in [-0.2, 0) is 16.0 Å². The number of hydrogen-bond acceptors (Lipinski definition) is 6. The summed E-state index contributed by atoms with van der Waals surface area (Å²) in [5.41, 5.74) is 0.175. The van der Waals surface area contributed by atoms with E-state index < -0.39 is 11.4 Å². The lowest BCUT2D eigenvalue weighted by molar-refractivity contribution is -0.149. The summed E-state index contributed by atoms with van der Waals surface area (Å²) in [5, 5.41) is 17.4. The van der Waals surface area contributed by atoms with E-state index in [4.69, 9.17) is 4.52 Å². The van der Waals surface area contributed by atoms with Gasteiger partial charge in [0.1, 0.15) is 0 Å². The fraction of sp³-hybridized carbons (Fsp3) is 0.529. The van der Waals surface area contributed by atoms with Gasteiger partial charge in [-0.25, -0.2) is 0 Å². The molecular weight excluding hydrogens is 342 g/mol. The van der Waals surface area contributed by atoms with Crippen molar-refractivity contribution in [2.75, 3.05) is 13.1 Å². The molecule has 1 aliphatic heterocycles. The summed E-state index contributed by atoms with van der Waals surface area (Å²) < 4.78 is 5.21. The van der Waals surface area contributed by atoms with Crippen LogP contribution in [0.15, 0.2) is 21.3 Å². The van der Waals surface area contributed by atoms with Crippen LogP contribution in [0.3, 0.4) is 0 Å². The number of nitrogens with zero attached hydrogens (tertiary/aromatic N) is 3. The third-order valence-electron chi connectivity index (χ3n) is 5.45. The van der Waals surface area contributed by atoms with Gasteiger partial charge in [-0.1, -0.05) is 11.6 Å². The number of aromatic nitrogens is 2. The lowest BCUT2D eigenvalue weighted by Gasteiger charge is -2.23. The molecule has 2 fully saturated rings. The fourth-order valence-electron chi connectivity index (χ4n) is 4.07. The molecule has 2 aromatic heterocycles. The highest BCUT2D eigenvalue weighted by molar-refractivity contribution is 7.08. The van der Waals surface area contributed by atoms with Crippen LogP contribution >= 0.6 is 11.3 Å². The van der Waals surface area contributed by atoms with E-state index in [0.29, 0.717) is 37.6 Å². The molecule has 3 heterocycles. The van der Waals surface area contributed by atoms with Gasteiger partial charge >= 0.3 is 5.97 Å². The molecule has 0 radical (unpaired) electrons. The molecule has 2 atom stereocenters. The van der Waals surface area contributed by atoms with Gasteiger partial charge in [0.15, 0.2) is 0 Å². The van der Waals surface area contributed by atoms with Gasteiger partial charge in [-0.05, 0) is 30.2 Å². The quantitative estimate of drug-likeness (QED) is 0.879. The second-order valence-corrected chi connectivity index (χ2v) is 7.63. The van der Waals surface area contributed by atoms with Gasteiger partial charge in [0.25, 0.3) is 0 Å². The Balaban J connectivity index is 1.36. The van der Waals surface area contributed by atoms with Crippen molar-refractivity contribution in [2.45, 2.75) is 32.1 Å². The molecule has 0 spiro atoms. The van der Waals surface area contributed by atoms with Crippen molar-refractivity contribution in [1.82, 2.24) is 15.0 Å². The summed E-state index contributed by atoms with van der Waals surface area (Å²) in [5.74, 6) is 0.251. The normalized spacial score (nSPS) is 25.3. The van der Waals surface area contributed by atoms with Gasteiger partial charge in [0.05, 0.1) is 5.41 Å². The molecule has 8 heteroatoms. The maximum atomic E-state index is 12.5. The zero-order valence-electron chi connectivity index (χ0n) is 13.7. The minimum atomic E-state index is -0.761. The Labute approximate surface area is 148 Å². The zero-order chi connectivity index (χ0) is 17.4. The lowest BCUT2D eigenvalue weighted by Crippen LogP contribution is -2.37. The van der Waals surface area contributed by atoms with E-state index in [9.17, 15) is 14.7 Å². The van der Waals surface area contributed by atoms with Crippen LogP contribution in [0.2, 0.25) is 0 Å². The molecule has 1 saturated carbocycles. The number of hydrogen-bond donors (Lipinski definition) is 1. The number of carbonyl (C=O) groups is 2. The van der Waals surface area contributed by atoms with Crippen molar-refractivity contribution < 1.29 is 19.2 Å². The maximum absolute atomic E-state index is 12.5. The number of carbonyl (C=O) groups excluding carboxylic acids is 1. The van der Waals surface area contributed by atoms with E-state index in [2.05, 4.69) is 10.1 Å². The first-order chi connectivity index (χ1) is 12.1. The molecule has 0 aromatic carbocycles. The van der Waals surface area contributed by atoms with Crippen LogP contribution < -0.4 is 0 Å². The van der Waals surface area contributed by atoms with Gasteiger partial charge in [0, 0.05) is 36.9 Å². The number of rotatable bonds is 5. The Bertz CT molecular complexity index is 788. The molecule has 2 aliphatic rings. The number of aliphatic carboxylic acids is 1. The molecule has 1 amide bonds. The largest absolute Gasteiger partial charge is 0.481 e. The average Bonchev–Trinajstić information content (AvgIpc) is 3.34. The third kappa shape index (κ3) is 2.84. The topological polar surface area (TPSA) is 96.5 Å². The average molecular weight is 361 g/mol. The second kappa shape index (κ2) is 6.25. The van der Waals surface area contributed by atoms with Crippen molar-refractivity contribution in [3.8, 4) is 11.4 Å². The SMILES string of the molecule is O=C(CCc1nc(-c2ccsc2)no1)N1C[C@@H]2CCC[C@@]2(C(=O)O)C1. The minimum absolute atomic E-state index is 0.0368. The standard InChI is InChI=1S/C17H19N3O4S/c21-14(20-8-12-2-1-6-17(12,10-20)16(22)23)4-3-13-18-15(19-24-13)11-5-7-25-9-11/h5,7,9,12H,1-4,6,8,10H2,(H,22,23)/t12-,17+/m0/s1. The Kier molecular flexibility index (Phi) is 4.07. The second-order valence-electron chi connectivity index (χ2n) is 6.85.